The first-order valence-electron chi connectivity index (χ1n) is 5.68. The Morgan fingerprint density at radius 1 is 1.24 bits per heavy atom. The van der Waals surface area contributed by atoms with Crippen molar-refractivity contribution in [3.8, 4) is 5.69 Å². The monoisotopic (exact) mass is 354 g/mol. The van der Waals surface area contributed by atoms with Crippen LogP contribution in [0.3, 0.4) is 0 Å². The van der Waals surface area contributed by atoms with Crippen molar-refractivity contribution in [3.05, 3.63) is 46.2 Å². The van der Waals surface area contributed by atoms with Gasteiger partial charge in [-0.15, -0.1) is 0 Å². The van der Waals surface area contributed by atoms with Gasteiger partial charge in [0.25, 0.3) is 0 Å². The van der Waals surface area contributed by atoms with Crippen LogP contribution in [0.25, 0.3) is 5.69 Å². The van der Waals surface area contributed by atoms with Crippen LogP contribution in [-0.4, -0.2) is 9.78 Å². The van der Waals surface area contributed by atoms with Crippen LogP contribution in [0.1, 0.15) is 30.0 Å². The van der Waals surface area contributed by atoms with Crippen molar-refractivity contribution in [3.63, 3.8) is 0 Å². The van der Waals surface area contributed by atoms with E-state index in [0.29, 0.717) is 5.92 Å². The van der Waals surface area contributed by atoms with E-state index >= 15 is 0 Å². The molecular weight excluding hydrogens is 344 g/mol. The molecule has 0 radical (unpaired) electrons. The lowest BCUT2D eigenvalue weighted by atomic mass is 10.2. The van der Waals surface area contributed by atoms with Gasteiger partial charge in [0.05, 0.1) is 17.6 Å². The molecule has 0 N–H and O–H groups in total. The van der Waals surface area contributed by atoms with Crippen molar-refractivity contribution in [2.45, 2.75) is 24.1 Å². The third-order valence-corrected chi connectivity index (χ3v) is 4.20. The normalized spacial score (nSPS) is 15.2. The Labute approximate surface area is 117 Å². The summed E-state index contributed by atoms with van der Waals surface area (Å²) in [5.41, 5.74) is 3.84. The molecule has 88 valence electrons. The molecule has 2 nitrogen and oxygen atoms in total. The minimum atomic E-state index is 0.702. The topological polar surface area (TPSA) is 17.8 Å². The summed E-state index contributed by atoms with van der Waals surface area (Å²) in [6, 6.07) is 8.31. The average molecular weight is 356 g/mol. The minimum absolute atomic E-state index is 0.702. The standard InChI is InChI=1S/C13H12Br2N2/c14-7-10-8-16-17(13(10)9-1-2-9)12-5-3-11(15)4-6-12/h3-6,8-9H,1-2,7H2. The minimum Gasteiger partial charge on any atom is -0.237 e. The Morgan fingerprint density at radius 2 is 1.94 bits per heavy atom. The predicted molar refractivity (Wildman–Crippen MR) is 75.9 cm³/mol. The van der Waals surface area contributed by atoms with Gasteiger partial charge in [0.15, 0.2) is 0 Å². The Hall–Kier alpha value is -0.610. The van der Waals surface area contributed by atoms with Crippen LogP contribution in [0.5, 0.6) is 0 Å². The molecule has 2 aromatic rings. The fourth-order valence-corrected chi connectivity index (χ4v) is 2.77. The van der Waals surface area contributed by atoms with Gasteiger partial charge in [0.2, 0.25) is 0 Å². The molecule has 1 aromatic heterocycles. The maximum Gasteiger partial charge on any atom is 0.0649 e. The first kappa shape index (κ1) is 11.5. The van der Waals surface area contributed by atoms with Crippen molar-refractivity contribution in [1.82, 2.24) is 9.78 Å². The average Bonchev–Trinajstić information content (AvgIpc) is 3.10. The summed E-state index contributed by atoms with van der Waals surface area (Å²) in [4.78, 5) is 0. The molecule has 1 aliphatic rings. The summed E-state index contributed by atoms with van der Waals surface area (Å²) in [5.74, 6) is 0.702. The van der Waals surface area contributed by atoms with Crippen molar-refractivity contribution >= 4 is 31.9 Å². The van der Waals surface area contributed by atoms with Crippen LogP contribution < -0.4 is 0 Å². The van der Waals surface area contributed by atoms with Crippen molar-refractivity contribution in [2.24, 2.45) is 0 Å². The molecule has 1 heterocycles. The van der Waals surface area contributed by atoms with Crippen molar-refractivity contribution < 1.29 is 0 Å². The third kappa shape index (κ3) is 2.20. The van der Waals surface area contributed by atoms with E-state index < -0.39 is 0 Å². The lowest BCUT2D eigenvalue weighted by molar-refractivity contribution is 0.805. The summed E-state index contributed by atoms with van der Waals surface area (Å²) in [7, 11) is 0. The molecule has 1 saturated carbocycles. The highest BCUT2D eigenvalue weighted by atomic mass is 79.9. The molecular formula is C13H12Br2N2. The molecule has 0 saturated heterocycles. The van der Waals surface area contributed by atoms with Gasteiger partial charge in [-0.3, -0.25) is 0 Å². The number of rotatable bonds is 3. The van der Waals surface area contributed by atoms with Gasteiger partial charge in [-0.25, -0.2) is 4.68 Å². The quantitative estimate of drug-likeness (QED) is 0.746. The Kier molecular flexibility index (Phi) is 3.09. The fourth-order valence-electron chi connectivity index (χ4n) is 2.07. The van der Waals surface area contributed by atoms with E-state index in [9.17, 15) is 0 Å². The van der Waals surface area contributed by atoms with Gasteiger partial charge >= 0.3 is 0 Å². The van der Waals surface area contributed by atoms with Crippen LogP contribution in [0.2, 0.25) is 0 Å². The maximum absolute atomic E-state index is 4.52. The SMILES string of the molecule is BrCc1cnn(-c2ccc(Br)cc2)c1C1CC1. The van der Waals surface area contributed by atoms with Gasteiger partial charge in [0.1, 0.15) is 0 Å². The maximum atomic E-state index is 4.52. The Morgan fingerprint density at radius 3 is 2.53 bits per heavy atom. The van der Waals surface area contributed by atoms with E-state index in [1.165, 1.54) is 24.1 Å². The van der Waals surface area contributed by atoms with E-state index in [1.54, 1.807) is 0 Å². The smallest absolute Gasteiger partial charge is 0.0649 e. The predicted octanol–water partition coefficient (Wildman–Crippen LogP) is 4.41. The zero-order valence-electron chi connectivity index (χ0n) is 9.24. The van der Waals surface area contributed by atoms with Gasteiger partial charge in [-0.05, 0) is 37.1 Å². The molecule has 1 fully saturated rings. The van der Waals surface area contributed by atoms with Crippen LogP contribution in [-0.2, 0) is 5.33 Å². The molecule has 0 spiro atoms. The Bertz CT molecular complexity index is 527. The van der Waals surface area contributed by atoms with E-state index in [0.717, 1.165) is 15.5 Å². The summed E-state index contributed by atoms with van der Waals surface area (Å²) in [5, 5.41) is 5.40. The molecule has 0 amide bonds. The molecule has 1 aromatic carbocycles. The number of benzene rings is 1. The first-order chi connectivity index (χ1) is 8.29. The second-order valence-corrected chi connectivity index (χ2v) is 5.83. The van der Waals surface area contributed by atoms with Crippen molar-refractivity contribution in [1.29, 1.82) is 0 Å². The fraction of sp³-hybridized carbons (Fsp3) is 0.308. The zero-order valence-corrected chi connectivity index (χ0v) is 12.4. The zero-order chi connectivity index (χ0) is 11.8. The highest BCUT2D eigenvalue weighted by Gasteiger charge is 2.30. The van der Waals surface area contributed by atoms with Crippen LogP contribution in [0.4, 0.5) is 0 Å². The molecule has 0 unspecified atom stereocenters. The number of nitrogens with zero attached hydrogens (tertiary/aromatic N) is 2. The summed E-state index contributed by atoms with van der Waals surface area (Å²) in [6.07, 6.45) is 4.56. The Balaban J connectivity index is 2.07. The van der Waals surface area contributed by atoms with Crippen LogP contribution >= 0.6 is 31.9 Å². The number of alkyl halides is 1. The van der Waals surface area contributed by atoms with Crippen LogP contribution in [0.15, 0.2) is 34.9 Å². The number of hydrogen-bond acceptors (Lipinski definition) is 1. The molecule has 17 heavy (non-hydrogen) atoms. The number of aromatic nitrogens is 2. The van der Waals surface area contributed by atoms with E-state index in [1.807, 2.05) is 6.20 Å². The van der Waals surface area contributed by atoms with E-state index in [-0.39, 0.29) is 0 Å². The highest BCUT2D eigenvalue weighted by molar-refractivity contribution is 9.10. The highest BCUT2D eigenvalue weighted by Crippen LogP contribution is 2.42. The molecule has 4 heteroatoms. The second-order valence-electron chi connectivity index (χ2n) is 4.35. The van der Waals surface area contributed by atoms with E-state index in [2.05, 4.69) is 65.9 Å². The van der Waals surface area contributed by atoms with Crippen molar-refractivity contribution in [2.75, 3.05) is 0 Å². The van der Waals surface area contributed by atoms with Gasteiger partial charge < -0.3 is 0 Å². The summed E-state index contributed by atoms with van der Waals surface area (Å²) in [6.45, 7) is 0. The summed E-state index contributed by atoms with van der Waals surface area (Å²) < 4.78 is 3.18. The summed E-state index contributed by atoms with van der Waals surface area (Å²) >= 11 is 7.00. The first-order valence-corrected chi connectivity index (χ1v) is 7.59. The largest absolute Gasteiger partial charge is 0.237 e. The molecule has 3 rings (SSSR count). The second kappa shape index (κ2) is 4.58. The molecule has 0 aliphatic heterocycles. The lowest BCUT2D eigenvalue weighted by Crippen LogP contribution is -2.01. The van der Waals surface area contributed by atoms with E-state index in [4.69, 9.17) is 0 Å². The van der Waals surface area contributed by atoms with Gasteiger partial charge in [-0.1, -0.05) is 31.9 Å². The lowest BCUT2D eigenvalue weighted by Gasteiger charge is -2.08. The third-order valence-electron chi connectivity index (χ3n) is 3.07. The number of hydrogen-bond donors (Lipinski definition) is 0. The number of halogens is 2. The molecule has 1 aliphatic carbocycles. The van der Waals surface area contributed by atoms with Gasteiger partial charge in [0, 0.05) is 21.3 Å². The molecule has 0 bridgehead atoms. The molecule has 0 atom stereocenters. The van der Waals surface area contributed by atoms with Gasteiger partial charge in [-0.2, -0.15) is 5.10 Å². The van der Waals surface area contributed by atoms with Crippen LogP contribution in [0, 0.1) is 0 Å².